The van der Waals surface area contributed by atoms with Crippen LogP contribution in [0.1, 0.15) is 34.3 Å². The van der Waals surface area contributed by atoms with Crippen molar-refractivity contribution in [1.29, 1.82) is 0 Å². The van der Waals surface area contributed by atoms with Crippen LogP contribution in [0.25, 0.3) is 0 Å². The van der Waals surface area contributed by atoms with E-state index in [0.717, 1.165) is 24.0 Å². The van der Waals surface area contributed by atoms with Gasteiger partial charge in [0.25, 0.3) is 5.91 Å². The van der Waals surface area contributed by atoms with Crippen LogP contribution in [0.4, 0.5) is 0 Å². The SMILES string of the molecule is Cc1ccc(C#CCN)cc1C(=O)NC1CCOCC1. The molecular weight excluding hydrogens is 252 g/mol. The molecule has 0 spiro atoms. The van der Waals surface area contributed by atoms with Crippen LogP contribution in [-0.4, -0.2) is 31.7 Å². The molecule has 0 radical (unpaired) electrons. The van der Waals surface area contributed by atoms with Crippen LogP contribution < -0.4 is 11.1 Å². The number of nitrogens with one attached hydrogen (secondary N) is 1. The van der Waals surface area contributed by atoms with Gasteiger partial charge in [0.15, 0.2) is 0 Å². The van der Waals surface area contributed by atoms with Crippen LogP contribution in [0.15, 0.2) is 18.2 Å². The molecule has 0 atom stereocenters. The predicted molar refractivity (Wildman–Crippen MR) is 78.4 cm³/mol. The second-order valence-electron chi connectivity index (χ2n) is 4.90. The number of benzene rings is 1. The van der Waals surface area contributed by atoms with E-state index < -0.39 is 0 Å². The highest BCUT2D eigenvalue weighted by Crippen LogP contribution is 2.13. The van der Waals surface area contributed by atoms with E-state index in [2.05, 4.69) is 17.2 Å². The number of amides is 1. The van der Waals surface area contributed by atoms with Crippen LogP contribution in [0.3, 0.4) is 0 Å². The van der Waals surface area contributed by atoms with Gasteiger partial charge in [-0.3, -0.25) is 4.79 Å². The molecule has 1 aliphatic rings. The summed E-state index contributed by atoms with van der Waals surface area (Å²) >= 11 is 0. The largest absolute Gasteiger partial charge is 0.381 e. The minimum Gasteiger partial charge on any atom is -0.381 e. The minimum atomic E-state index is -0.0363. The van der Waals surface area contributed by atoms with Crippen molar-refractivity contribution in [2.75, 3.05) is 19.8 Å². The van der Waals surface area contributed by atoms with E-state index in [1.165, 1.54) is 0 Å². The Morgan fingerprint density at radius 1 is 1.45 bits per heavy atom. The summed E-state index contributed by atoms with van der Waals surface area (Å²) < 4.78 is 5.29. The standard InChI is InChI=1S/C16H20N2O2/c1-12-4-5-13(3-2-8-17)11-15(12)16(19)18-14-6-9-20-10-7-14/h4-5,11,14H,6-10,17H2,1H3,(H,18,19). The van der Waals surface area contributed by atoms with E-state index in [9.17, 15) is 4.79 Å². The van der Waals surface area contributed by atoms with Gasteiger partial charge < -0.3 is 15.8 Å². The number of ether oxygens (including phenoxy) is 1. The van der Waals surface area contributed by atoms with Crippen LogP contribution in [0.5, 0.6) is 0 Å². The summed E-state index contributed by atoms with van der Waals surface area (Å²) in [6.07, 6.45) is 1.74. The van der Waals surface area contributed by atoms with Crippen molar-refractivity contribution in [2.24, 2.45) is 5.73 Å². The summed E-state index contributed by atoms with van der Waals surface area (Å²) in [6, 6.07) is 5.85. The zero-order chi connectivity index (χ0) is 14.4. The van der Waals surface area contributed by atoms with Crippen LogP contribution in [-0.2, 0) is 4.74 Å². The molecule has 0 aliphatic carbocycles. The molecule has 1 aromatic rings. The van der Waals surface area contributed by atoms with Gasteiger partial charge in [-0.15, -0.1) is 0 Å². The number of rotatable bonds is 2. The molecule has 0 unspecified atom stereocenters. The maximum Gasteiger partial charge on any atom is 0.251 e. The molecule has 106 valence electrons. The molecule has 3 N–H and O–H groups in total. The Morgan fingerprint density at radius 3 is 2.90 bits per heavy atom. The third-order valence-corrected chi connectivity index (χ3v) is 3.37. The smallest absolute Gasteiger partial charge is 0.251 e. The van der Waals surface area contributed by atoms with Crippen LogP contribution >= 0.6 is 0 Å². The average molecular weight is 272 g/mol. The highest BCUT2D eigenvalue weighted by molar-refractivity contribution is 5.96. The van der Waals surface area contributed by atoms with Crippen molar-refractivity contribution in [3.05, 3.63) is 34.9 Å². The topological polar surface area (TPSA) is 64.4 Å². The Labute approximate surface area is 119 Å². The summed E-state index contributed by atoms with van der Waals surface area (Å²) in [7, 11) is 0. The second kappa shape index (κ2) is 7.09. The molecule has 0 aromatic heterocycles. The Bertz CT molecular complexity index is 537. The molecule has 20 heavy (non-hydrogen) atoms. The fraction of sp³-hybridized carbons (Fsp3) is 0.438. The number of aryl methyl sites for hydroxylation is 1. The zero-order valence-corrected chi connectivity index (χ0v) is 11.7. The van der Waals surface area contributed by atoms with Crippen molar-refractivity contribution < 1.29 is 9.53 Å². The molecule has 1 aliphatic heterocycles. The first kappa shape index (κ1) is 14.6. The number of hydrogen-bond donors (Lipinski definition) is 2. The van der Waals surface area contributed by atoms with E-state index in [1.54, 1.807) is 0 Å². The monoisotopic (exact) mass is 272 g/mol. The summed E-state index contributed by atoms with van der Waals surface area (Å²) in [6.45, 7) is 3.68. The van der Waals surface area contributed by atoms with Crippen LogP contribution in [0, 0.1) is 18.8 Å². The van der Waals surface area contributed by atoms with E-state index in [1.807, 2.05) is 25.1 Å². The molecule has 1 saturated heterocycles. The van der Waals surface area contributed by atoms with E-state index >= 15 is 0 Å². The fourth-order valence-electron chi connectivity index (χ4n) is 2.20. The van der Waals surface area contributed by atoms with Crippen molar-refractivity contribution in [3.8, 4) is 11.8 Å². The number of carbonyl (C=O) groups is 1. The van der Waals surface area contributed by atoms with Crippen molar-refractivity contribution in [3.63, 3.8) is 0 Å². The molecule has 0 bridgehead atoms. The van der Waals surface area contributed by atoms with E-state index in [4.69, 9.17) is 10.5 Å². The van der Waals surface area contributed by atoms with Crippen molar-refractivity contribution in [2.45, 2.75) is 25.8 Å². The summed E-state index contributed by atoms with van der Waals surface area (Å²) in [5.41, 5.74) is 7.81. The quantitative estimate of drug-likeness (QED) is 0.796. The molecule has 1 aromatic carbocycles. The van der Waals surface area contributed by atoms with Crippen molar-refractivity contribution >= 4 is 5.91 Å². The third-order valence-electron chi connectivity index (χ3n) is 3.37. The number of carbonyl (C=O) groups excluding carboxylic acids is 1. The molecule has 1 fully saturated rings. The number of hydrogen-bond acceptors (Lipinski definition) is 3. The van der Waals surface area contributed by atoms with Crippen LogP contribution in [0.2, 0.25) is 0 Å². The Balaban J connectivity index is 2.11. The summed E-state index contributed by atoms with van der Waals surface area (Å²) in [5.74, 6) is 5.72. The van der Waals surface area contributed by atoms with E-state index in [0.29, 0.717) is 25.3 Å². The first-order chi connectivity index (χ1) is 9.70. The predicted octanol–water partition coefficient (Wildman–Crippen LogP) is 1.21. The Hall–Kier alpha value is -1.83. The second-order valence-corrected chi connectivity index (χ2v) is 4.90. The van der Waals surface area contributed by atoms with Gasteiger partial charge in [0.2, 0.25) is 0 Å². The Morgan fingerprint density at radius 2 is 2.20 bits per heavy atom. The maximum atomic E-state index is 12.3. The molecule has 1 heterocycles. The molecule has 1 amide bonds. The molecule has 4 nitrogen and oxygen atoms in total. The summed E-state index contributed by atoms with van der Waals surface area (Å²) in [4.78, 5) is 12.3. The minimum absolute atomic E-state index is 0.0363. The fourth-order valence-corrected chi connectivity index (χ4v) is 2.20. The van der Waals surface area contributed by atoms with Gasteiger partial charge in [0.1, 0.15) is 0 Å². The van der Waals surface area contributed by atoms with Gasteiger partial charge in [0, 0.05) is 30.4 Å². The lowest BCUT2D eigenvalue weighted by atomic mass is 10.0. The molecule has 4 heteroatoms. The van der Waals surface area contributed by atoms with Gasteiger partial charge in [-0.25, -0.2) is 0 Å². The molecule has 0 saturated carbocycles. The van der Waals surface area contributed by atoms with Gasteiger partial charge in [-0.1, -0.05) is 17.9 Å². The van der Waals surface area contributed by atoms with E-state index in [-0.39, 0.29) is 11.9 Å². The lowest BCUT2D eigenvalue weighted by Gasteiger charge is -2.23. The summed E-state index contributed by atoms with van der Waals surface area (Å²) in [5, 5.41) is 3.07. The highest BCUT2D eigenvalue weighted by atomic mass is 16.5. The average Bonchev–Trinajstić information content (AvgIpc) is 2.47. The normalized spacial score (nSPS) is 15.3. The zero-order valence-electron chi connectivity index (χ0n) is 11.7. The van der Waals surface area contributed by atoms with Crippen molar-refractivity contribution in [1.82, 2.24) is 5.32 Å². The van der Waals surface area contributed by atoms with Gasteiger partial charge >= 0.3 is 0 Å². The third kappa shape index (κ3) is 3.83. The van der Waals surface area contributed by atoms with Gasteiger partial charge in [-0.05, 0) is 37.5 Å². The molecular formula is C16H20N2O2. The first-order valence-electron chi connectivity index (χ1n) is 6.89. The molecule has 2 rings (SSSR count). The first-order valence-corrected chi connectivity index (χ1v) is 6.89. The lowest BCUT2D eigenvalue weighted by molar-refractivity contribution is 0.0696. The number of nitrogens with two attached hydrogens (primary N) is 1. The lowest BCUT2D eigenvalue weighted by Crippen LogP contribution is -2.39. The van der Waals surface area contributed by atoms with Gasteiger partial charge in [-0.2, -0.15) is 0 Å². The Kier molecular flexibility index (Phi) is 5.16. The highest BCUT2D eigenvalue weighted by Gasteiger charge is 2.18. The van der Waals surface area contributed by atoms with Gasteiger partial charge in [0.05, 0.1) is 6.54 Å². The maximum absolute atomic E-state index is 12.3.